The Bertz CT molecular complexity index is 194. The fourth-order valence-electron chi connectivity index (χ4n) is 1.42. The molecule has 0 aromatic carbocycles. The first-order valence-electron chi connectivity index (χ1n) is 5.53. The van der Waals surface area contributed by atoms with Crippen molar-refractivity contribution >= 4 is 11.8 Å². The summed E-state index contributed by atoms with van der Waals surface area (Å²) in [6.45, 7) is 5.07. The van der Waals surface area contributed by atoms with E-state index in [9.17, 15) is 0 Å². The largest absolute Gasteiger partial charge is 0.396 e. The number of aliphatic hydroxyl groups excluding tert-OH is 1. The number of thioether (sulfide) groups is 1. The molecule has 0 radical (unpaired) electrons. The Morgan fingerprint density at radius 2 is 2.13 bits per heavy atom. The van der Waals surface area contributed by atoms with Gasteiger partial charge in [0.1, 0.15) is 5.54 Å². The molecule has 15 heavy (non-hydrogen) atoms. The summed E-state index contributed by atoms with van der Waals surface area (Å²) in [5.41, 5.74) is -0.365. The second-order valence-electron chi connectivity index (χ2n) is 3.77. The second-order valence-corrected chi connectivity index (χ2v) is 4.99. The molecule has 3 nitrogen and oxygen atoms in total. The van der Waals surface area contributed by atoms with Gasteiger partial charge in [-0.05, 0) is 38.5 Å². The van der Waals surface area contributed by atoms with Crippen LogP contribution in [0.1, 0.15) is 33.1 Å². The third-order valence-corrected chi connectivity index (χ3v) is 3.31. The first-order valence-corrected chi connectivity index (χ1v) is 6.69. The lowest BCUT2D eigenvalue weighted by atomic mass is 9.97. The zero-order valence-electron chi connectivity index (χ0n) is 9.75. The van der Waals surface area contributed by atoms with Gasteiger partial charge in [-0.15, -0.1) is 0 Å². The van der Waals surface area contributed by atoms with Gasteiger partial charge in [0.05, 0.1) is 12.7 Å². The van der Waals surface area contributed by atoms with Crippen molar-refractivity contribution in [1.29, 1.82) is 5.26 Å². The van der Waals surface area contributed by atoms with Crippen LogP contribution in [0.25, 0.3) is 0 Å². The summed E-state index contributed by atoms with van der Waals surface area (Å²) < 4.78 is 0. The quantitative estimate of drug-likeness (QED) is 0.593. The molecule has 2 N–H and O–H groups in total. The number of hydrogen-bond acceptors (Lipinski definition) is 4. The lowest BCUT2D eigenvalue weighted by molar-refractivity contribution is 0.322. The average molecular weight is 230 g/mol. The lowest BCUT2D eigenvalue weighted by Crippen LogP contribution is -2.40. The zero-order chi connectivity index (χ0) is 11.6. The van der Waals surface area contributed by atoms with Crippen LogP contribution in [0.2, 0.25) is 0 Å². The van der Waals surface area contributed by atoms with Gasteiger partial charge in [-0.1, -0.05) is 6.92 Å². The molecule has 4 heteroatoms. The molecular formula is C11H22N2OS. The highest BCUT2D eigenvalue weighted by molar-refractivity contribution is 7.99. The predicted octanol–water partition coefficient (Wildman–Crippen LogP) is 1.77. The van der Waals surface area contributed by atoms with Crippen molar-refractivity contribution in [2.45, 2.75) is 38.6 Å². The van der Waals surface area contributed by atoms with Gasteiger partial charge in [0.25, 0.3) is 0 Å². The number of rotatable bonds is 9. The molecule has 0 aliphatic rings. The maximum atomic E-state index is 9.01. The van der Waals surface area contributed by atoms with Gasteiger partial charge in [-0.25, -0.2) is 0 Å². The van der Waals surface area contributed by atoms with Gasteiger partial charge in [0.15, 0.2) is 0 Å². The molecule has 0 heterocycles. The summed E-state index contributed by atoms with van der Waals surface area (Å²) in [5, 5.41) is 20.8. The Labute approximate surface area is 97.2 Å². The van der Waals surface area contributed by atoms with Crippen LogP contribution in [-0.4, -0.2) is 35.3 Å². The molecule has 1 unspecified atom stereocenters. The van der Waals surface area contributed by atoms with Crippen LogP contribution in [0.15, 0.2) is 0 Å². The van der Waals surface area contributed by atoms with Crippen molar-refractivity contribution in [3.05, 3.63) is 0 Å². The van der Waals surface area contributed by atoms with E-state index in [4.69, 9.17) is 10.4 Å². The first-order chi connectivity index (χ1) is 7.18. The van der Waals surface area contributed by atoms with E-state index in [1.807, 2.05) is 13.8 Å². The minimum atomic E-state index is -0.365. The normalized spacial score (nSPS) is 14.5. The molecule has 0 rings (SSSR count). The van der Waals surface area contributed by atoms with Crippen LogP contribution in [0.5, 0.6) is 0 Å². The molecule has 0 aromatic rings. The highest BCUT2D eigenvalue weighted by Crippen LogP contribution is 2.14. The van der Waals surface area contributed by atoms with Crippen molar-refractivity contribution in [2.75, 3.05) is 24.7 Å². The average Bonchev–Trinajstić information content (AvgIpc) is 2.24. The SMILES string of the molecule is CCNC(C)(C#N)CCCCSCCO. The van der Waals surface area contributed by atoms with Gasteiger partial charge in [0, 0.05) is 5.75 Å². The monoisotopic (exact) mass is 230 g/mol. The molecule has 88 valence electrons. The smallest absolute Gasteiger partial charge is 0.103 e. The van der Waals surface area contributed by atoms with Crippen molar-refractivity contribution < 1.29 is 5.11 Å². The predicted molar refractivity (Wildman–Crippen MR) is 66.0 cm³/mol. The number of nitrogens with one attached hydrogen (secondary N) is 1. The van der Waals surface area contributed by atoms with Crippen LogP contribution in [0.3, 0.4) is 0 Å². The molecule has 0 aliphatic heterocycles. The molecule has 0 bridgehead atoms. The molecule has 0 saturated heterocycles. The second kappa shape index (κ2) is 9.02. The van der Waals surface area contributed by atoms with Crippen molar-refractivity contribution in [1.82, 2.24) is 5.32 Å². The molecule has 0 saturated carbocycles. The minimum absolute atomic E-state index is 0.262. The third-order valence-electron chi connectivity index (χ3n) is 2.26. The summed E-state index contributed by atoms with van der Waals surface area (Å²) in [5.74, 6) is 1.90. The van der Waals surface area contributed by atoms with Crippen LogP contribution in [0, 0.1) is 11.3 Å². The maximum Gasteiger partial charge on any atom is 0.103 e. The van der Waals surface area contributed by atoms with Gasteiger partial charge in [-0.2, -0.15) is 17.0 Å². The van der Waals surface area contributed by atoms with Gasteiger partial charge in [-0.3, -0.25) is 5.32 Å². The van der Waals surface area contributed by atoms with Crippen molar-refractivity contribution in [2.24, 2.45) is 0 Å². The van der Waals surface area contributed by atoms with E-state index in [1.54, 1.807) is 11.8 Å². The van der Waals surface area contributed by atoms with E-state index < -0.39 is 0 Å². The fraction of sp³-hybridized carbons (Fsp3) is 0.909. The maximum absolute atomic E-state index is 9.01. The zero-order valence-corrected chi connectivity index (χ0v) is 10.6. The Morgan fingerprint density at radius 1 is 1.40 bits per heavy atom. The highest BCUT2D eigenvalue weighted by Gasteiger charge is 2.20. The van der Waals surface area contributed by atoms with Crippen LogP contribution >= 0.6 is 11.8 Å². The van der Waals surface area contributed by atoms with Gasteiger partial charge >= 0.3 is 0 Å². The number of unbranched alkanes of at least 4 members (excludes halogenated alkanes) is 1. The first kappa shape index (κ1) is 14.8. The molecule has 0 aliphatic carbocycles. The summed E-state index contributed by atoms with van der Waals surface area (Å²) in [6, 6.07) is 2.32. The topological polar surface area (TPSA) is 56.0 Å². The standard InChI is InChI=1S/C11H22N2OS/c1-3-13-11(2,10-12)6-4-5-8-15-9-7-14/h13-14H,3-9H2,1-2H3. The van der Waals surface area contributed by atoms with E-state index in [1.165, 1.54) is 0 Å². The summed E-state index contributed by atoms with van der Waals surface area (Å²) in [4.78, 5) is 0. The minimum Gasteiger partial charge on any atom is -0.396 e. The van der Waals surface area contributed by atoms with E-state index in [0.29, 0.717) is 0 Å². The van der Waals surface area contributed by atoms with E-state index >= 15 is 0 Å². The molecule has 0 spiro atoms. The van der Waals surface area contributed by atoms with Gasteiger partial charge < -0.3 is 5.11 Å². The molecule has 0 fully saturated rings. The number of nitrogens with zero attached hydrogens (tertiary/aromatic N) is 1. The van der Waals surface area contributed by atoms with E-state index in [0.717, 1.165) is 37.3 Å². The summed E-state index contributed by atoms with van der Waals surface area (Å²) in [6.07, 6.45) is 3.08. The fourth-order valence-corrected chi connectivity index (χ4v) is 2.16. The molecular weight excluding hydrogens is 208 g/mol. The number of nitriles is 1. The Balaban J connectivity index is 3.51. The van der Waals surface area contributed by atoms with Crippen LogP contribution in [-0.2, 0) is 0 Å². The van der Waals surface area contributed by atoms with Crippen LogP contribution in [0.4, 0.5) is 0 Å². The molecule has 0 aromatic heterocycles. The van der Waals surface area contributed by atoms with Gasteiger partial charge in [0.2, 0.25) is 0 Å². The Morgan fingerprint density at radius 3 is 2.67 bits per heavy atom. The molecule has 0 amide bonds. The number of aliphatic hydroxyl groups is 1. The highest BCUT2D eigenvalue weighted by atomic mass is 32.2. The summed E-state index contributed by atoms with van der Waals surface area (Å²) >= 11 is 1.77. The van der Waals surface area contributed by atoms with E-state index in [2.05, 4.69) is 11.4 Å². The van der Waals surface area contributed by atoms with Crippen LogP contribution < -0.4 is 5.32 Å². The Kier molecular flexibility index (Phi) is 8.88. The lowest BCUT2D eigenvalue weighted by Gasteiger charge is -2.22. The summed E-state index contributed by atoms with van der Waals surface area (Å²) in [7, 11) is 0. The van der Waals surface area contributed by atoms with Crippen molar-refractivity contribution in [3.63, 3.8) is 0 Å². The third kappa shape index (κ3) is 7.66. The number of hydrogen-bond donors (Lipinski definition) is 2. The Hall–Kier alpha value is -0.240. The molecule has 1 atom stereocenters. The van der Waals surface area contributed by atoms with E-state index in [-0.39, 0.29) is 12.1 Å². The van der Waals surface area contributed by atoms with Crippen molar-refractivity contribution in [3.8, 4) is 6.07 Å².